The monoisotopic (exact) mass is 423 g/mol. The molecule has 0 saturated carbocycles. The number of fused-ring (bicyclic) bond motifs is 2. The van der Waals surface area contributed by atoms with E-state index in [1.54, 1.807) is 0 Å². The van der Waals surface area contributed by atoms with Gasteiger partial charge in [0.2, 0.25) is 16.9 Å². The van der Waals surface area contributed by atoms with E-state index in [0.717, 1.165) is 32.4 Å². The molecule has 1 heterocycles. The van der Waals surface area contributed by atoms with Crippen molar-refractivity contribution in [2.45, 2.75) is 32.2 Å². The van der Waals surface area contributed by atoms with Crippen molar-refractivity contribution in [3.63, 3.8) is 0 Å². The molecular weight excluding hydrogens is 386 g/mol. The summed E-state index contributed by atoms with van der Waals surface area (Å²) in [5.41, 5.74) is 8.67. The Kier molecular flexibility index (Phi) is 7.69. The third-order valence-corrected chi connectivity index (χ3v) is 5.74. The Morgan fingerprint density at radius 2 is 1.45 bits per heavy atom. The third kappa shape index (κ3) is 5.64. The summed E-state index contributed by atoms with van der Waals surface area (Å²) < 4.78 is 2.45. The molecule has 6 nitrogen and oxygen atoms in total. The van der Waals surface area contributed by atoms with Crippen LogP contribution in [-0.4, -0.2) is 47.2 Å². The van der Waals surface area contributed by atoms with Gasteiger partial charge in [-0.3, -0.25) is 4.79 Å². The predicted molar refractivity (Wildman–Crippen MR) is 130 cm³/mol. The quantitative estimate of drug-likeness (QED) is 0.299. The first-order valence-corrected chi connectivity index (χ1v) is 11.2. The number of amides is 1. The number of nitrogens with zero attached hydrogens (tertiary/aromatic N) is 3. The van der Waals surface area contributed by atoms with Crippen LogP contribution in [0.15, 0.2) is 42.5 Å². The van der Waals surface area contributed by atoms with E-state index >= 15 is 0 Å². The minimum absolute atomic E-state index is 0.137. The largest absolute Gasteiger partial charge is 0.377 e. The van der Waals surface area contributed by atoms with Crippen LogP contribution in [0.5, 0.6) is 0 Å². The third-order valence-electron chi connectivity index (χ3n) is 5.74. The van der Waals surface area contributed by atoms with Crippen LogP contribution in [0.2, 0.25) is 0 Å². The van der Waals surface area contributed by atoms with Crippen molar-refractivity contribution >= 4 is 39.1 Å². The average Bonchev–Trinajstić information content (AvgIpc) is 2.75. The number of pyridine rings is 1. The van der Waals surface area contributed by atoms with Crippen LogP contribution >= 0.6 is 0 Å². The van der Waals surface area contributed by atoms with Gasteiger partial charge in [0.1, 0.15) is 6.54 Å². The van der Waals surface area contributed by atoms with Crippen molar-refractivity contribution in [2.75, 3.05) is 51.1 Å². The minimum atomic E-state index is 0.137. The highest BCUT2D eigenvalue weighted by Crippen LogP contribution is 2.25. The number of carbonyl (C=O) groups is 1. The van der Waals surface area contributed by atoms with Gasteiger partial charge in [-0.1, -0.05) is 0 Å². The van der Waals surface area contributed by atoms with Crippen molar-refractivity contribution in [3.05, 3.63) is 42.5 Å². The molecule has 4 N–H and O–H groups in total. The number of benzene rings is 2. The molecule has 0 spiro atoms. The molecule has 0 fully saturated rings. The number of hydrogen-bond donors (Lipinski definition) is 2. The normalized spacial score (nSPS) is 11.1. The SMILES string of the molecule is CN(C)c1ccc2cc3ccc(N(C)C)cc3[n+](CCCCCC(=O)NCC[NH3+])c2c1. The maximum Gasteiger partial charge on any atom is 0.220 e. The summed E-state index contributed by atoms with van der Waals surface area (Å²) >= 11 is 0. The van der Waals surface area contributed by atoms with Gasteiger partial charge in [-0.15, -0.1) is 0 Å². The van der Waals surface area contributed by atoms with Gasteiger partial charge in [0.15, 0.2) is 0 Å². The van der Waals surface area contributed by atoms with Gasteiger partial charge in [0.25, 0.3) is 0 Å². The molecule has 0 aliphatic rings. The predicted octanol–water partition coefficient (Wildman–Crippen LogP) is 2.33. The molecule has 166 valence electrons. The Morgan fingerprint density at radius 1 is 0.871 bits per heavy atom. The highest BCUT2D eigenvalue weighted by Gasteiger charge is 2.17. The molecule has 0 atom stereocenters. The van der Waals surface area contributed by atoms with Gasteiger partial charge in [0, 0.05) is 75.3 Å². The number of carbonyl (C=O) groups excluding carboxylic acids is 1. The zero-order valence-corrected chi connectivity index (χ0v) is 19.4. The first-order chi connectivity index (χ1) is 14.9. The van der Waals surface area contributed by atoms with Crippen LogP contribution < -0.4 is 25.4 Å². The number of hydrogen-bond acceptors (Lipinski definition) is 3. The summed E-state index contributed by atoms with van der Waals surface area (Å²) in [4.78, 5) is 16.1. The summed E-state index contributed by atoms with van der Waals surface area (Å²) in [6.07, 6.45) is 3.58. The first kappa shape index (κ1) is 22.8. The Bertz CT molecular complexity index is 979. The number of quaternary nitrogens is 1. The van der Waals surface area contributed by atoms with E-state index in [0.29, 0.717) is 13.0 Å². The summed E-state index contributed by atoms with van der Waals surface area (Å²) in [6.45, 7) is 2.33. The van der Waals surface area contributed by atoms with Crippen LogP contribution in [-0.2, 0) is 11.3 Å². The zero-order valence-electron chi connectivity index (χ0n) is 19.4. The highest BCUT2D eigenvalue weighted by molar-refractivity contribution is 5.91. The Morgan fingerprint density at radius 3 is 1.97 bits per heavy atom. The van der Waals surface area contributed by atoms with Gasteiger partial charge in [-0.25, -0.2) is 0 Å². The van der Waals surface area contributed by atoms with E-state index in [-0.39, 0.29) is 5.91 Å². The number of aryl methyl sites for hydroxylation is 1. The van der Waals surface area contributed by atoms with Gasteiger partial charge in [-0.05, 0) is 43.2 Å². The van der Waals surface area contributed by atoms with E-state index in [4.69, 9.17) is 0 Å². The number of aromatic nitrogens is 1. The van der Waals surface area contributed by atoms with Crippen LogP contribution in [0.3, 0.4) is 0 Å². The van der Waals surface area contributed by atoms with Gasteiger partial charge in [0.05, 0.1) is 13.1 Å². The van der Waals surface area contributed by atoms with Gasteiger partial charge >= 0.3 is 0 Å². The minimum Gasteiger partial charge on any atom is -0.377 e. The van der Waals surface area contributed by atoms with Gasteiger partial charge < -0.3 is 20.9 Å². The van der Waals surface area contributed by atoms with Gasteiger partial charge in [-0.2, -0.15) is 4.57 Å². The molecule has 3 rings (SSSR count). The second kappa shape index (κ2) is 10.4. The van der Waals surface area contributed by atoms with E-state index in [1.165, 1.54) is 33.2 Å². The molecule has 1 aromatic heterocycles. The number of nitrogens with one attached hydrogen (secondary N) is 1. The molecule has 0 unspecified atom stereocenters. The van der Waals surface area contributed by atoms with Crippen LogP contribution in [0, 0.1) is 0 Å². The lowest BCUT2D eigenvalue weighted by Crippen LogP contribution is -2.54. The molecule has 31 heavy (non-hydrogen) atoms. The molecule has 0 aliphatic carbocycles. The van der Waals surface area contributed by atoms with Crippen molar-refractivity contribution in [1.82, 2.24) is 5.32 Å². The fourth-order valence-corrected chi connectivity index (χ4v) is 3.92. The van der Waals surface area contributed by atoms with E-state index in [9.17, 15) is 4.79 Å². The number of anilines is 2. The fourth-order valence-electron chi connectivity index (χ4n) is 3.92. The number of rotatable bonds is 10. The maximum absolute atomic E-state index is 11.8. The lowest BCUT2D eigenvalue weighted by molar-refractivity contribution is -0.645. The fraction of sp³-hybridized carbons (Fsp3) is 0.440. The Labute approximate surface area is 185 Å². The van der Waals surface area contributed by atoms with E-state index in [1.807, 2.05) is 0 Å². The second-order valence-electron chi connectivity index (χ2n) is 8.59. The highest BCUT2D eigenvalue weighted by atomic mass is 16.1. The van der Waals surface area contributed by atoms with Crippen molar-refractivity contribution in [1.29, 1.82) is 0 Å². The summed E-state index contributed by atoms with van der Waals surface area (Å²) in [7, 11) is 8.32. The topological polar surface area (TPSA) is 67.1 Å². The standard InChI is InChI=1S/C25H35N5O/c1-28(2)21-11-9-19-16-20-10-12-22(29(3)4)18-24(20)30(23(19)17-21)15-7-5-6-8-25(31)27-14-13-26/h9-12,16-18H,5-8,13-15,26H2,1-4H3/p+2. The molecule has 6 heteroatoms. The summed E-state index contributed by atoms with van der Waals surface area (Å²) in [5, 5.41) is 5.41. The smallest absolute Gasteiger partial charge is 0.220 e. The van der Waals surface area contributed by atoms with Crippen molar-refractivity contribution < 1.29 is 15.1 Å². The molecular formula is C25H37N5O+2. The van der Waals surface area contributed by atoms with E-state index in [2.05, 4.69) is 96.1 Å². The van der Waals surface area contributed by atoms with E-state index < -0.39 is 0 Å². The number of unbranched alkanes of at least 4 members (excludes halogenated alkanes) is 2. The van der Waals surface area contributed by atoms with Crippen LogP contribution in [0.1, 0.15) is 25.7 Å². The lowest BCUT2D eigenvalue weighted by atomic mass is 10.1. The molecule has 0 aliphatic heterocycles. The average molecular weight is 424 g/mol. The first-order valence-electron chi connectivity index (χ1n) is 11.2. The van der Waals surface area contributed by atoms with Crippen molar-refractivity contribution in [2.24, 2.45) is 0 Å². The molecule has 1 amide bonds. The Hall–Kier alpha value is -2.86. The summed E-state index contributed by atoms with van der Waals surface area (Å²) in [6, 6.07) is 15.6. The molecule has 0 saturated heterocycles. The Balaban J connectivity index is 1.88. The van der Waals surface area contributed by atoms with Crippen molar-refractivity contribution in [3.8, 4) is 0 Å². The molecule has 2 aromatic carbocycles. The second-order valence-corrected chi connectivity index (χ2v) is 8.59. The molecule has 3 aromatic rings. The lowest BCUT2D eigenvalue weighted by Gasteiger charge is -2.15. The molecule has 0 bridgehead atoms. The zero-order chi connectivity index (χ0) is 22.4. The summed E-state index contributed by atoms with van der Waals surface area (Å²) in [5.74, 6) is 0.137. The molecule has 0 radical (unpaired) electrons. The van der Waals surface area contributed by atoms with Crippen LogP contribution in [0.4, 0.5) is 11.4 Å². The van der Waals surface area contributed by atoms with Crippen LogP contribution in [0.25, 0.3) is 21.8 Å². The maximum atomic E-state index is 11.8.